The molecule has 32 heavy (non-hydrogen) atoms. The summed E-state index contributed by atoms with van der Waals surface area (Å²) in [4.78, 5) is 31.9. The third-order valence-corrected chi connectivity index (χ3v) is 6.77. The molecule has 1 aliphatic carbocycles. The number of nitrogens with zero attached hydrogens (tertiary/aromatic N) is 6. The third kappa shape index (κ3) is 2.97. The van der Waals surface area contributed by atoms with Crippen molar-refractivity contribution in [2.24, 2.45) is 10.3 Å². The number of fused-ring (bicyclic) bond motifs is 2. The van der Waals surface area contributed by atoms with Gasteiger partial charge in [0.15, 0.2) is 12.1 Å². The highest BCUT2D eigenvalue weighted by Crippen LogP contribution is 2.35. The lowest BCUT2D eigenvalue weighted by molar-refractivity contribution is -0.123. The molecule has 0 unspecified atom stereocenters. The highest BCUT2D eigenvalue weighted by Gasteiger charge is 2.55. The molecule has 2 aliphatic heterocycles. The van der Waals surface area contributed by atoms with Crippen LogP contribution in [-0.4, -0.2) is 39.0 Å². The molecule has 0 spiro atoms. The van der Waals surface area contributed by atoms with E-state index in [0.29, 0.717) is 11.5 Å². The second kappa shape index (κ2) is 7.33. The summed E-state index contributed by atoms with van der Waals surface area (Å²) in [5.41, 5.74) is 3.87. The first-order chi connectivity index (χ1) is 15.6. The first kappa shape index (κ1) is 19.3. The number of carbonyl (C=O) groups is 2. The number of amides is 2. The van der Waals surface area contributed by atoms with E-state index in [4.69, 9.17) is 4.52 Å². The number of carbonyl (C=O) groups excluding carboxylic acids is 2. The molecule has 0 radical (unpaired) electrons. The Hall–Kier alpha value is -3.40. The van der Waals surface area contributed by atoms with E-state index >= 15 is 0 Å². The van der Waals surface area contributed by atoms with Crippen LogP contribution in [0.1, 0.15) is 23.4 Å². The van der Waals surface area contributed by atoms with Gasteiger partial charge < -0.3 is 4.52 Å². The van der Waals surface area contributed by atoms with Crippen LogP contribution in [-0.2, 0) is 29.0 Å². The average molecular weight is 493 g/mol. The second-order valence-corrected chi connectivity index (χ2v) is 8.86. The summed E-state index contributed by atoms with van der Waals surface area (Å²) in [7, 11) is 0. The molecule has 9 nitrogen and oxygen atoms in total. The largest absolute Gasteiger partial charge is 0.337 e. The molecule has 3 heterocycles. The summed E-state index contributed by atoms with van der Waals surface area (Å²) < 4.78 is 6.22. The van der Waals surface area contributed by atoms with Crippen LogP contribution in [0.15, 0.2) is 61.8 Å². The second-order valence-electron chi connectivity index (χ2n) is 8.00. The van der Waals surface area contributed by atoms with Crippen molar-refractivity contribution in [3.05, 3.63) is 64.0 Å². The highest BCUT2D eigenvalue weighted by molar-refractivity contribution is 9.10. The topological polar surface area (TPSA) is 104 Å². The predicted molar refractivity (Wildman–Crippen MR) is 116 cm³/mol. The van der Waals surface area contributed by atoms with Crippen molar-refractivity contribution in [2.75, 3.05) is 4.90 Å². The molecule has 1 fully saturated rings. The number of hydrogen-bond acceptors (Lipinski definition) is 8. The highest BCUT2D eigenvalue weighted by atomic mass is 79.9. The van der Waals surface area contributed by atoms with Crippen LogP contribution < -0.4 is 4.90 Å². The Morgan fingerprint density at radius 1 is 1.06 bits per heavy atom. The Morgan fingerprint density at radius 3 is 2.78 bits per heavy atom. The maximum Gasteiger partial charge on any atom is 0.263 e. The third-order valence-electron chi connectivity index (χ3n) is 6.08. The number of hydrogen-bond donors (Lipinski definition) is 0. The van der Waals surface area contributed by atoms with E-state index in [1.165, 1.54) is 21.0 Å². The van der Waals surface area contributed by atoms with E-state index in [2.05, 4.69) is 36.4 Å². The van der Waals surface area contributed by atoms with Gasteiger partial charge in [-0.3, -0.25) is 14.6 Å². The number of anilines is 1. The molecule has 3 aromatic rings. The molecule has 0 N–H and O–H groups in total. The van der Waals surface area contributed by atoms with Crippen LogP contribution in [0.25, 0.3) is 11.4 Å². The molecule has 1 saturated heterocycles. The summed E-state index contributed by atoms with van der Waals surface area (Å²) in [6.07, 6.45) is 3.10. The number of halogens is 1. The molecule has 160 valence electrons. The minimum atomic E-state index is -0.860. The summed E-state index contributed by atoms with van der Waals surface area (Å²) in [6.45, 7) is 0.0825. The van der Waals surface area contributed by atoms with Gasteiger partial charge in [-0.25, -0.2) is 4.90 Å². The number of benzene rings is 2. The van der Waals surface area contributed by atoms with Crippen molar-refractivity contribution >= 4 is 33.4 Å². The van der Waals surface area contributed by atoms with Crippen LogP contribution in [0, 0.1) is 0 Å². The molecule has 0 saturated carbocycles. The van der Waals surface area contributed by atoms with Gasteiger partial charge in [-0.1, -0.05) is 44.5 Å². The van der Waals surface area contributed by atoms with Crippen molar-refractivity contribution < 1.29 is 14.1 Å². The van der Waals surface area contributed by atoms with Crippen molar-refractivity contribution in [2.45, 2.75) is 37.9 Å². The van der Waals surface area contributed by atoms with Crippen LogP contribution in [0.2, 0.25) is 0 Å². The van der Waals surface area contributed by atoms with Crippen molar-refractivity contribution in [3.8, 4) is 11.4 Å². The van der Waals surface area contributed by atoms with Crippen LogP contribution in [0.5, 0.6) is 0 Å². The Kier molecular flexibility index (Phi) is 4.42. The molecule has 2 aromatic carbocycles. The Labute approximate surface area is 191 Å². The Bertz CT molecular complexity index is 1290. The van der Waals surface area contributed by atoms with Gasteiger partial charge in [0.25, 0.3) is 11.8 Å². The van der Waals surface area contributed by atoms with Gasteiger partial charge in [0.2, 0.25) is 11.7 Å². The predicted octanol–water partition coefficient (Wildman–Crippen LogP) is 3.48. The lowest BCUT2D eigenvalue weighted by Gasteiger charge is -2.19. The Balaban J connectivity index is 1.24. The summed E-state index contributed by atoms with van der Waals surface area (Å²) >= 11 is 3.48. The van der Waals surface area contributed by atoms with E-state index in [0.717, 1.165) is 29.3 Å². The van der Waals surface area contributed by atoms with Crippen molar-refractivity contribution in [1.29, 1.82) is 0 Å². The number of imide groups is 1. The van der Waals surface area contributed by atoms with Crippen LogP contribution in [0.4, 0.5) is 5.69 Å². The minimum absolute atomic E-state index is 0.0825. The van der Waals surface area contributed by atoms with Gasteiger partial charge in [-0.15, -0.1) is 0 Å². The number of aromatic nitrogens is 2. The first-order valence-corrected chi connectivity index (χ1v) is 11.1. The standard InChI is InChI=1S/C22H17BrN6O3/c23-16-7-2-1-6-15(16)20-24-17(32-26-20)11-28-19-18(25-27-28)21(30)29(22(19)31)14-9-8-12-4-3-5-13(12)10-14/h1-2,6-10,18-19H,3-5,11H2/t18-,19+/m0/s1. The maximum absolute atomic E-state index is 13.2. The zero-order valence-electron chi connectivity index (χ0n) is 16.8. The van der Waals surface area contributed by atoms with E-state index in [1.807, 2.05) is 42.5 Å². The zero-order valence-corrected chi connectivity index (χ0v) is 18.4. The normalized spacial score (nSPS) is 21.5. The Morgan fingerprint density at radius 2 is 1.91 bits per heavy atom. The van der Waals surface area contributed by atoms with E-state index in [1.54, 1.807) is 0 Å². The molecule has 2 amide bonds. The molecule has 10 heteroatoms. The number of aryl methyl sites for hydroxylation is 2. The fourth-order valence-corrected chi connectivity index (χ4v) is 4.98. The van der Waals surface area contributed by atoms with Gasteiger partial charge in [-0.05, 0) is 54.7 Å². The van der Waals surface area contributed by atoms with E-state index in [-0.39, 0.29) is 24.2 Å². The quantitative estimate of drug-likeness (QED) is 0.516. The lowest BCUT2D eigenvalue weighted by Crippen LogP contribution is -2.39. The lowest BCUT2D eigenvalue weighted by atomic mass is 10.1. The van der Waals surface area contributed by atoms with Crippen LogP contribution in [0.3, 0.4) is 0 Å². The van der Waals surface area contributed by atoms with Crippen molar-refractivity contribution in [3.63, 3.8) is 0 Å². The molecule has 1 aromatic heterocycles. The summed E-state index contributed by atoms with van der Waals surface area (Å²) in [6, 6.07) is 11.7. The average Bonchev–Trinajstić information content (AvgIpc) is 3.56. The molecule has 3 aliphatic rings. The van der Waals surface area contributed by atoms with Crippen LogP contribution >= 0.6 is 15.9 Å². The maximum atomic E-state index is 13.2. The van der Waals surface area contributed by atoms with Gasteiger partial charge in [0.1, 0.15) is 6.54 Å². The molecular formula is C22H17BrN6O3. The van der Waals surface area contributed by atoms with Gasteiger partial charge in [0, 0.05) is 10.0 Å². The minimum Gasteiger partial charge on any atom is -0.337 e. The fourth-order valence-electron chi connectivity index (χ4n) is 4.52. The molecular weight excluding hydrogens is 476 g/mol. The summed E-state index contributed by atoms with van der Waals surface area (Å²) in [5, 5.41) is 13.6. The van der Waals surface area contributed by atoms with E-state index < -0.39 is 12.1 Å². The monoisotopic (exact) mass is 492 g/mol. The molecule has 0 bridgehead atoms. The van der Waals surface area contributed by atoms with Crippen molar-refractivity contribution in [1.82, 2.24) is 15.1 Å². The van der Waals surface area contributed by atoms with E-state index in [9.17, 15) is 9.59 Å². The SMILES string of the molecule is O=C1[C@H]2N=NN(Cc3nc(-c4ccccc4Br)no3)[C@H]2C(=O)N1c1ccc2c(c1)CCC2. The first-order valence-electron chi connectivity index (χ1n) is 10.3. The van der Waals surface area contributed by atoms with Gasteiger partial charge >= 0.3 is 0 Å². The molecule has 6 rings (SSSR count). The smallest absolute Gasteiger partial charge is 0.263 e. The zero-order chi connectivity index (χ0) is 21.8. The van der Waals surface area contributed by atoms with Gasteiger partial charge in [0.05, 0.1) is 5.69 Å². The fraction of sp³-hybridized carbons (Fsp3) is 0.273. The number of rotatable bonds is 4. The summed E-state index contributed by atoms with van der Waals surface area (Å²) in [5.74, 6) is 0.0115. The molecule has 2 atom stereocenters. The van der Waals surface area contributed by atoms with Gasteiger partial charge in [-0.2, -0.15) is 10.1 Å².